The average Bonchev–Trinajstić information content (AvgIpc) is 2.58. The molecule has 2 rings (SSSR count). The predicted molar refractivity (Wildman–Crippen MR) is 83.5 cm³/mol. The number of benzene rings is 2. The molecule has 0 aliphatic rings. The van der Waals surface area contributed by atoms with E-state index in [1.165, 1.54) is 7.11 Å². The van der Waals surface area contributed by atoms with Crippen LogP contribution in [0.4, 0.5) is 0 Å². The molecule has 0 saturated heterocycles. The van der Waals surface area contributed by atoms with E-state index in [0.29, 0.717) is 0 Å². The summed E-state index contributed by atoms with van der Waals surface area (Å²) < 4.78 is 10.1. The molecule has 0 spiro atoms. The molecule has 0 radical (unpaired) electrons. The summed E-state index contributed by atoms with van der Waals surface area (Å²) in [6.45, 7) is 0. The van der Waals surface area contributed by atoms with Gasteiger partial charge in [0.25, 0.3) is 0 Å². The minimum atomic E-state index is -1.41. The van der Waals surface area contributed by atoms with Gasteiger partial charge in [0.15, 0.2) is 11.7 Å². The molecule has 0 unspecified atom stereocenters. The summed E-state index contributed by atoms with van der Waals surface area (Å²) >= 11 is 0. The second-order valence-corrected chi connectivity index (χ2v) is 4.68. The highest BCUT2D eigenvalue weighted by Crippen LogP contribution is 2.26. The zero-order valence-corrected chi connectivity index (χ0v) is 12.5. The summed E-state index contributed by atoms with van der Waals surface area (Å²) in [6.07, 6.45) is 0.155. The molecule has 5 nitrogen and oxygen atoms in total. The third-order valence-electron chi connectivity index (χ3n) is 3.12. The maximum absolute atomic E-state index is 12.2. The van der Waals surface area contributed by atoms with Crippen LogP contribution in [0.3, 0.4) is 0 Å². The lowest BCUT2D eigenvalue weighted by Crippen LogP contribution is -2.19. The number of ether oxygens (including phenoxy) is 2. The lowest BCUT2D eigenvalue weighted by Gasteiger charge is -2.19. The number of carbonyl (C=O) groups is 2. The van der Waals surface area contributed by atoms with Crippen LogP contribution in [0.1, 0.15) is 17.2 Å². The molecular weight excluding hydrogens is 296 g/mol. The summed E-state index contributed by atoms with van der Waals surface area (Å²) in [5.41, 5.74) is 0.924. The third-order valence-corrected chi connectivity index (χ3v) is 3.12. The monoisotopic (exact) mass is 312 g/mol. The van der Waals surface area contributed by atoms with E-state index >= 15 is 0 Å². The number of methoxy groups -OCH3 is 1. The van der Waals surface area contributed by atoms with Crippen molar-refractivity contribution < 1.29 is 24.2 Å². The maximum Gasteiger partial charge on any atom is 0.349 e. The zero-order valence-electron chi connectivity index (χ0n) is 12.5. The van der Waals surface area contributed by atoms with Crippen molar-refractivity contribution in [3.05, 3.63) is 83.6 Å². The van der Waals surface area contributed by atoms with Gasteiger partial charge in [-0.05, 0) is 11.1 Å². The van der Waals surface area contributed by atoms with Crippen LogP contribution in [0, 0.1) is 0 Å². The molecule has 0 heterocycles. The largest absolute Gasteiger partial charge is 0.503 e. The summed E-state index contributed by atoms with van der Waals surface area (Å²) in [5.74, 6) is -2.37. The van der Waals surface area contributed by atoms with E-state index in [-0.39, 0.29) is 0 Å². The van der Waals surface area contributed by atoms with E-state index in [9.17, 15) is 9.59 Å². The highest BCUT2D eigenvalue weighted by Gasteiger charge is 2.25. The standard InChI is InChI=1S/C18H16O5/c1-22-12-15(17(19)20)18(21)23-16(13-8-4-2-5-9-13)14-10-6-3-7-11-14/h2-12,16H,1H3,(H,19,20). The summed E-state index contributed by atoms with van der Waals surface area (Å²) in [7, 11) is 1.27. The highest BCUT2D eigenvalue weighted by molar-refractivity contribution is 6.13. The normalized spacial score (nSPS) is 11.1. The number of carboxylic acids is 1. The highest BCUT2D eigenvalue weighted by atomic mass is 16.5. The van der Waals surface area contributed by atoms with Crippen LogP contribution >= 0.6 is 0 Å². The van der Waals surface area contributed by atoms with E-state index in [4.69, 9.17) is 9.84 Å². The van der Waals surface area contributed by atoms with Crippen LogP contribution in [-0.2, 0) is 19.1 Å². The summed E-state index contributed by atoms with van der Waals surface area (Å²) in [6, 6.07) is 18.2. The van der Waals surface area contributed by atoms with Crippen LogP contribution in [0.15, 0.2) is 72.5 Å². The molecule has 0 aliphatic carbocycles. The van der Waals surface area contributed by atoms with Crippen LogP contribution in [0.5, 0.6) is 0 Å². The van der Waals surface area contributed by atoms with Crippen LogP contribution < -0.4 is 0 Å². The van der Waals surface area contributed by atoms with E-state index in [2.05, 4.69) is 4.74 Å². The molecule has 0 fully saturated rings. The SMILES string of the molecule is COC=C(C(=O)O)C(=O)OC(c1ccccc1)c1ccccc1. The van der Waals surface area contributed by atoms with Gasteiger partial charge in [0.1, 0.15) is 6.26 Å². The predicted octanol–water partition coefficient (Wildman–Crippen LogP) is 2.93. The molecule has 0 amide bonds. The Bertz CT molecular complexity index is 652. The van der Waals surface area contributed by atoms with Crippen molar-refractivity contribution >= 4 is 11.9 Å². The second kappa shape index (κ2) is 7.79. The third kappa shape index (κ3) is 4.20. The second-order valence-electron chi connectivity index (χ2n) is 4.68. The fourth-order valence-corrected chi connectivity index (χ4v) is 2.06. The summed E-state index contributed by atoms with van der Waals surface area (Å²) in [5, 5.41) is 9.08. The van der Waals surface area contributed by atoms with E-state index in [1.807, 2.05) is 60.7 Å². The fourth-order valence-electron chi connectivity index (χ4n) is 2.06. The Morgan fingerprint density at radius 1 is 0.957 bits per heavy atom. The Labute approximate surface area is 133 Å². The van der Waals surface area contributed by atoms with Gasteiger partial charge in [0.05, 0.1) is 7.11 Å². The molecule has 118 valence electrons. The molecule has 2 aromatic rings. The van der Waals surface area contributed by atoms with Crippen molar-refractivity contribution in [3.63, 3.8) is 0 Å². The molecule has 0 bridgehead atoms. The van der Waals surface area contributed by atoms with Gasteiger partial charge in [0.2, 0.25) is 0 Å². The average molecular weight is 312 g/mol. The number of hydrogen-bond acceptors (Lipinski definition) is 4. The Hall–Kier alpha value is -3.08. The smallest absolute Gasteiger partial charge is 0.349 e. The van der Waals surface area contributed by atoms with Gasteiger partial charge in [0, 0.05) is 0 Å². The minimum absolute atomic E-state index is 0.565. The zero-order chi connectivity index (χ0) is 16.7. The molecule has 23 heavy (non-hydrogen) atoms. The van der Waals surface area contributed by atoms with Gasteiger partial charge < -0.3 is 14.6 Å². The van der Waals surface area contributed by atoms with E-state index < -0.39 is 23.6 Å². The molecule has 2 aromatic carbocycles. The van der Waals surface area contributed by atoms with Gasteiger partial charge in [-0.1, -0.05) is 60.7 Å². The van der Waals surface area contributed by atoms with Gasteiger partial charge in [-0.25, -0.2) is 9.59 Å². The van der Waals surface area contributed by atoms with Crippen molar-refractivity contribution in [2.75, 3.05) is 7.11 Å². The first kappa shape index (κ1) is 16.3. The van der Waals surface area contributed by atoms with Gasteiger partial charge in [-0.2, -0.15) is 0 Å². The van der Waals surface area contributed by atoms with Gasteiger partial charge in [-0.15, -0.1) is 0 Å². The Kier molecular flexibility index (Phi) is 5.52. The van der Waals surface area contributed by atoms with Crippen molar-refractivity contribution in [1.29, 1.82) is 0 Å². The minimum Gasteiger partial charge on any atom is -0.503 e. The number of hydrogen-bond donors (Lipinski definition) is 1. The van der Waals surface area contributed by atoms with Crippen molar-refractivity contribution in [1.82, 2.24) is 0 Å². The first-order valence-corrected chi connectivity index (χ1v) is 6.90. The molecule has 0 aromatic heterocycles. The Morgan fingerprint density at radius 3 is 1.83 bits per heavy atom. The molecular formula is C18H16O5. The summed E-state index contributed by atoms with van der Waals surface area (Å²) in [4.78, 5) is 23.3. The van der Waals surface area contributed by atoms with E-state index in [0.717, 1.165) is 17.4 Å². The van der Waals surface area contributed by atoms with Crippen molar-refractivity contribution in [3.8, 4) is 0 Å². The Morgan fingerprint density at radius 2 is 1.43 bits per heavy atom. The number of carbonyl (C=O) groups excluding carboxylic acids is 1. The first-order valence-electron chi connectivity index (χ1n) is 6.90. The lowest BCUT2D eigenvalue weighted by molar-refractivity contribution is -0.147. The van der Waals surface area contributed by atoms with Crippen LogP contribution in [0.2, 0.25) is 0 Å². The molecule has 0 saturated carbocycles. The molecule has 0 atom stereocenters. The van der Waals surface area contributed by atoms with Gasteiger partial charge >= 0.3 is 11.9 Å². The van der Waals surface area contributed by atoms with Crippen molar-refractivity contribution in [2.24, 2.45) is 0 Å². The number of rotatable bonds is 6. The topological polar surface area (TPSA) is 72.8 Å². The Balaban J connectivity index is 2.34. The van der Waals surface area contributed by atoms with E-state index in [1.54, 1.807) is 0 Å². The lowest BCUT2D eigenvalue weighted by atomic mass is 10.0. The van der Waals surface area contributed by atoms with Gasteiger partial charge in [-0.3, -0.25) is 0 Å². The maximum atomic E-state index is 12.2. The number of esters is 1. The van der Waals surface area contributed by atoms with Crippen molar-refractivity contribution in [2.45, 2.75) is 6.10 Å². The molecule has 5 heteroatoms. The fraction of sp³-hybridized carbons (Fsp3) is 0.111. The number of aliphatic carboxylic acids is 1. The van der Waals surface area contributed by atoms with Crippen LogP contribution in [-0.4, -0.2) is 24.2 Å². The first-order chi connectivity index (χ1) is 11.1. The molecule has 0 aliphatic heterocycles. The van der Waals surface area contributed by atoms with Crippen LogP contribution in [0.25, 0.3) is 0 Å². The quantitative estimate of drug-likeness (QED) is 0.292. The number of carboxylic acid groups (broad SMARTS) is 1. The molecule has 1 N–H and O–H groups in total.